The highest BCUT2D eigenvalue weighted by atomic mass is 19.1. The zero-order valence-corrected chi connectivity index (χ0v) is 17.5. The lowest BCUT2D eigenvalue weighted by Gasteiger charge is -2.24. The summed E-state index contributed by atoms with van der Waals surface area (Å²) in [6.07, 6.45) is 6.60. The predicted octanol–water partition coefficient (Wildman–Crippen LogP) is 4.09. The van der Waals surface area contributed by atoms with E-state index in [1.165, 1.54) is 35.2 Å². The topological polar surface area (TPSA) is 93.2 Å². The predicted molar refractivity (Wildman–Crippen MR) is 119 cm³/mol. The van der Waals surface area contributed by atoms with Crippen molar-refractivity contribution in [3.63, 3.8) is 0 Å². The van der Waals surface area contributed by atoms with Crippen molar-refractivity contribution < 1.29 is 9.13 Å². The second-order valence-corrected chi connectivity index (χ2v) is 6.98. The Bertz CT molecular complexity index is 1400. The fourth-order valence-electron chi connectivity index (χ4n) is 3.62. The average molecular weight is 427 g/mol. The Hall–Kier alpha value is -4.38. The smallest absolute Gasteiger partial charge is 0.263 e. The van der Waals surface area contributed by atoms with Gasteiger partial charge in [-0.3, -0.25) is 14.4 Å². The van der Waals surface area contributed by atoms with Gasteiger partial charge in [0, 0.05) is 16.7 Å². The van der Waals surface area contributed by atoms with Gasteiger partial charge in [-0.25, -0.2) is 14.4 Å². The third-order valence-electron chi connectivity index (χ3n) is 5.07. The van der Waals surface area contributed by atoms with Gasteiger partial charge in [0.25, 0.3) is 5.56 Å². The maximum absolute atomic E-state index is 14.4. The van der Waals surface area contributed by atoms with Crippen molar-refractivity contribution in [3.05, 3.63) is 93.4 Å². The highest BCUT2D eigenvalue weighted by Crippen LogP contribution is 2.34. The summed E-state index contributed by atoms with van der Waals surface area (Å²) in [7, 11) is 0. The van der Waals surface area contributed by atoms with Crippen molar-refractivity contribution in [2.45, 2.75) is 20.5 Å². The molecule has 0 fully saturated rings. The van der Waals surface area contributed by atoms with E-state index in [-0.39, 0.29) is 23.3 Å². The van der Waals surface area contributed by atoms with Crippen LogP contribution < -0.4 is 5.56 Å². The minimum Gasteiger partial charge on any atom is -0.485 e. The summed E-state index contributed by atoms with van der Waals surface area (Å²) in [5.74, 6) is 0.331. The SMILES string of the molecule is C=NC1=C(/C=C\C)OCc2c1cc(-c1cccc(F)c1C#N)c(=O)n2-c1cnc(C)nc1. The van der Waals surface area contributed by atoms with Crippen molar-refractivity contribution in [2.24, 2.45) is 4.99 Å². The van der Waals surface area contributed by atoms with Crippen molar-refractivity contribution in [1.82, 2.24) is 14.5 Å². The first kappa shape index (κ1) is 20.9. The number of aliphatic imine (C=N–C) groups is 1. The molecule has 3 heterocycles. The Morgan fingerprint density at radius 2 is 2.03 bits per heavy atom. The summed E-state index contributed by atoms with van der Waals surface area (Å²) in [6.45, 7) is 7.32. The molecule has 4 rings (SSSR count). The molecule has 0 atom stereocenters. The second-order valence-electron chi connectivity index (χ2n) is 6.98. The number of nitriles is 1. The van der Waals surface area contributed by atoms with E-state index in [9.17, 15) is 14.4 Å². The number of aryl methyl sites for hydroxylation is 1. The first-order valence-corrected chi connectivity index (χ1v) is 9.74. The first-order valence-electron chi connectivity index (χ1n) is 9.74. The molecule has 0 unspecified atom stereocenters. The number of hydrogen-bond acceptors (Lipinski definition) is 6. The molecule has 3 aromatic rings. The number of allylic oxidation sites excluding steroid dienone is 2. The summed E-state index contributed by atoms with van der Waals surface area (Å²) in [4.78, 5) is 26.2. The zero-order chi connectivity index (χ0) is 22.8. The van der Waals surface area contributed by atoms with Gasteiger partial charge in [0.05, 0.1) is 29.3 Å². The minimum absolute atomic E-state index is 0.0890. The number of pyridine rings is 1. The van der Waals surface area contributed by atoms with Crippen LogP contribution in [0, 0.1) is 24.1 Å². The maximum atomic E-state index is 14.4. The molecule has 32 heavy (non-hydrogen) atoms. The van der Waals surface area contributed by atoms with Gasteiger partial charge in [0.2, 0.25) is 0 Å². The van der Waals surface area contributed by atoms with Crippen LogP contribution >= 0.6 is 0 Å². The molecule has 8 heteroatoms. The fraction of sp³-hybridized carbons (Fsp3) is 0.125. The van der Waals surface area contributed by atoms with Gasteiger partial charge in [-0.1, -0.05) is 18.2 Å². The maximum Gasteiger partial charge on any atom is 0.263 e. The Labute approximate surface area is 183 Å². The molecular weight excluding hydrogens is 409 g/mol. The van der Waals surface area contributed by atoms with Crippen LogP contribution in [0.5, 0.6) is 0 Å². The molecule has 1 aliphatic heterocycles. The molecule has 0 amide bonds. The summed E-state index contributed by atoms with van der Waals surface area (Å²) >= 11 is 0. The number of nitrogens with zero attached hydrogens (tertiary/aromatic N) is 5. The lowest BCUT2D eigenvalue weighted by atomic mass is 9.96. The van der Waals surface area contributed by atoms with Crippen LogP contribution in [-0.2, 0) is 11.3 Å². The van der Waals surface area contributed by atoms with Gasteiger partial charge in [0.15, 0.2) is 0 Å². The number of hydrogen-bond donors (Lipinski definition) is 0. The van der Waals surface area contributed by atoms with Gasteiger partial charge < -0.3 is 4.74 Å². The van der Waals surface area contributed by atoms with Crippen molar-refractivity contribution in [2.75, 3.05) is 0 Å². The highest BCUT2D eigenvalue weighted by Gasteiger charge is 2.26. The number of benzene rings is 1. The van der Waals surface area contributed by atoms with E-state index < -0.39 is 11.4 Å². The third-order valence-corrected chi connectivity index (χ3v) is 5.07. The number of rotatable bonds is 4. The van der Waals surface area contributed by atoms with Crippen LogP contribution in [0.25, 0.3) is 22.5 Å². The fourth-order valence-corrected chi connectivity index (χ4v) is 3.62. The van der Waals surface area contributed by atoms with E-state index in [1.54, 1.807) is 25.1 Å². The van der Waals surface area contributed by atoms with Crippen LogP contribution in [-0.4, -0.2) is 21.3 Å². The normalized spacial score (nSPS) is 12.9. The Morgan fingerprint density at radius 1 is 1.28 bits per heavy atom. The summed E-state index contributed by atoms with van der Waals surface area (Å²) in [6, 6.07) is 7.65. The molecule has 2 aromatic heterocycles. The van der Waals surface area contributed by atoms with Crippen LogP contribution in [0.2, 0.25) is 0 Å². The van der Waals surface area contributed by atoms with Crippen LogP contribution in [0.15, 0.2) is 64.4 Å². The minimum atomic E-state index is -0.706. The van der Waals surface area contributed by atoms with E-state index in [1.807, 2.05) is 13.0 Å². The van der Waals surface area contributed by atoms with E-state index in [2.05, 4.69) is 21.7 Å². The molecule has 1 aromatic carbocycles. The highest BCUT2D eigenvalue weighted by molar-refractivity contribution is 5.80. The zero-order valence-electron chi connectivity index (χ0n) is 17.5. The quantitative estimate of drug-likeness (QED) is 0.585. The Kier molecular flexibility index (Phi) is 5.48. The first-order chi connectivity index (χ1) is 15.5. The lowest BCUT2D eigenvalue weighted by Crippen LogP contribution is -2.27. The van der Waals surface area contributed by atoms with E-state index in [4.69, 9.17) is 4.74 Å². The van der Waals surface area contributed by atoms with Crippen molar-refractivity contribution in [1.29, 1.82) is 5.26 Å². The van der Waals surface area contributed by atoms with E-state index in [0.717, 1.165) is 0 Å². The summed E-state index contributed by atoms with van der Waals surface area (Å²) < 4.78 is 21.6. The molecule has 0 bridgehead atoms. The average Bonchev–Trinajstić information content (AvgIpc) is 2.79. The van der Waals surface area contributed by atoms with Gasteiger partial charge in [-0.2, -0.15) is 5.26 Å². The molecule has 0 saturated carbocycles. The third kappa shape index (κ3) is 3.40. The molecular formula is C24H18FN5O2. The molecule has 7 nitrogen and oxygen atoms in total. The van der Waals surface area contributed by atoms with Crippen LogP contribution in [0.1, 0.15) is 29.6 Å². The Morgan fingerprint density at radius 3 is 2.69 bits per heavy atom. The van der Waals surface area contributed by atoms with E-state index in [0.29, 0.717) is 34.2 Å². The molecule has 0 aliphatic carbocycles. The molecule has 158 valence electrons. The summed E-state index contributed by atoms with van der Waals surface area (Å²) in [5.41, 5.74) is 1.61. The lowest BCUT2D eigenvalue weighted by molar-refractivity contribution is 0.200. The van der Waals surface area contributed by atoms with Gasteiger partial charge in [0.1, 0.15) is 35.8 Å². The van der Waals surface area contributed by atoms with Crippen molar-refractivity contribution in [3.8, 4) is 22.9 Å². The van der Waals surface area contributed by atoms with Crippen molar-refractivity contribution >= 4 is 12.4 Å². The molecule has 0 saturated heterocycles. The van der Waals surface area contributed by atoms with Gasteiger partial charge >= 0.3 is 0 Å². The molecule has 0 spiro atoms. The Balaban J connectivity index is 2.14. The second kappa shape index (κ2) is 8.40. The molecule has 1 aliphatic rings. The van der Waals surface area contributed by atoms with Crippen LogP contribution in [0.3, 0.4) is 0 Å². The largest absolute Gasteiger partial charge is 0.485 e. The molecule has 0 N–H and O–H groups in total. The number of ether oxygens (including phenoxy) is 1. The standard InChI is InChI=1S/C24H18FN5O2/c1-4-6-22-23(27-3)18-9-17(16-7-5-8-20(25)19(16)10-26)24(31)30(21(18)13-32-22)15-11-28-14(2)29-12-15/h4-9,11-12H,3,13H2,1-2H3/b6-4-. The number of aromatic nitrogens is 3. The number of halogens is 1. The van der Waals surface area contributed by atoms with Gasteiger partial charge in [-0.15, -0.1) is 0 Å². The molecule has 0 radical (unpaired) electrons. The number of fused-ring (bicyclic) bond motifs is 1. The van der Waals surface area contributed by atoms with Gasteiger partial charge in [-0.05, 0) is 38.8 Å². The monoisotopic (exact) mass is 427 g/mol. The van der Waals surface area contributed by atoms with E-state index >= 15 is 0 Å². The summed E-state index contributed by atoms with van der Waals surface area (Å²) in [5, 5.41) is 9.53. The van der Waals surface area contributed by atoms with Crippen LogP contribution in [0.4, 0.5) is 4.39 Å².